The third-order valence-electron chi connectivity index (χ3n) is 2.20. The molecule has 4 heteroatoms. The fraction of sp³-hybridized carbons (Fsp3) is 0.500. The third kappa shape index (κ3) is 4.68. The Labute approximate surface area is 94.6 Å². The maximum absolute atomic E-state index is 13.2. The molecular weight excluding hydrogens is 212 g/mol. The molecule has 0 atom stereocenters. The van der Waals surface area contributed by atoms with E-state index < -0.39 is 5.82 Å². The van der Waals surface area contributed by atoms with Crippen LogP contribution in [0.15, 0.2) is 18.2 Å². The quantitative estimate of drug-likeness (QED) is 0.723. The molecule has 0 saturated heterocycles. The minimum absolute atomic E-state index is 0.364. The molecule has 90 valence electrons. The maximum atomic E-state index is 13.2. The van der Waals surface area contributed by atoms with Crippen molar-refractivity contribution in [3.8, 4) is 0 Å². The van der Waals surface area contributed by atoms with Gasteiger partial charge < -0.3 is 10.1 Å². The van der Waals surface area contributed by atoms with Gasteiger partial charge >= 0.3 is 0 Å². The topological polar surface area (TPSA) is 21.3 Å². The van der Waals surface area contributed by atoms with Crippen molar-refractivity contribution in [2.24, 2.45) is 0 Å². The number of likely N-dealkylation sites (N-methyl/N-ethyl adjacent to an activating group) is 1. The van der Waals surface area contributed by atoms with Gasteiger partial charge in [-0.2, -0.15) is 0 Å². The molecule has 1 aromatic carbocycles. The number of rotatable bonds is 7. The Kier molecular flexibility index (Phi) is 5.96. The number of nitrogens with one attached hydrogen (secondary N) is 1. The van der Waals surface area contributed by atoms with E-state index in [0.29, 0.717) is 25.2 Å². The fourth-order valence-electron chi connectivity index (χ4n) is 1.34. The molecule has 0 aliphatic carbocycles. The molecule has 0 unspecified atom stereocenters. The summed E-state index contributed by atoms with van der Waals surface area (Å²) in [6.07, 6.45) is 0.399. The molecule has 1 N–H and O–H groups in total. The highest BCUT2D eigenvalue weighted by Crippen LogP contribution is 2.10. The van der Waals surface area contributed by atoms with Crippen molar-refractivity contribution >= 4 is 0 Å². The molecule has 0 aliphatic rings. The van der Waals surface area contributed by atoms with Crippen molar-refractivity contribution < 1.29 is 13.5 Å². The second kappa shape index (κ2) is 7.30. The van der Waals surface area contributed by atoms with Crippen LogP contribution in [0.5, 0.6) is 0 Å². The SMILES string of the molecule is CCNCCOCCc1cc(F)ccc1F. The average molecular weight is 229 g/mol. The van der Waals surface area contributed by atoms with Crippen molar-refractivity contribution in [1.82, 2.24) is 5.32 Å². The largest absolute Gasteiger partial charge is 0.380 e. The van der Waals surface area contributed by atoms with E-state index in [0.717, 1.165) is 25.2 Å². The zero-order valence-corrected chi connectivity index (χ0v) is 9.43. The number of ether oxygens (including phenoxy) is 1. The van der Waals surface area contributed by atoms with Crippen molar-refractivity contribution in [3.63, 3.8) is 0 Å². The van der Waals surface area contributed by atoms with E-state index in [2.05, 4.69) is 5.32 Å². The fourth-order valence-corrected chi connectivity index (χ4v) is 1.34. The van der Waals surface area contributed by atoms with Crippen LogP contribution in [-0.4, -0.2) is 26.3 Å². The monoisotopic (exact) mass is 229 g/mol. The second-order valence-electron chi connectivity index (χ2n) is 3.45. The van der Waals surface area contributed by atoms with E-state index in [1.54, 1.807) is 0 Å². The van der Waals surface area contributed by atoms with Gasteiger partial charge in [0, 0.05) is 6.54 Å². The first-order valence-corrected chi connectivity index (χ1v) is 5.46. The average Bonchev–Trinajstić information content (AvgIpc) is 2.28. The summed E-state index contributed by atoms with van der Waals surface area (Å²) < 4.78 is 31.3. The molecule has 0 spiro atoms. The van der Waals surface area contributed by atoms with E-state index in [9.17, 15) is 8.78 Å². The smallest absolute Gasteiger partial charge is 0.126 e. The van der Waals surface area contributed by atoms with E-state index in [4.69, 9.17) is 4.74 Å². The Bertz CT molecular complexity index is 318. The highest BCUT2D eigenvalue weighted by Gasteiger charge is 2.03. The van der Waals surface area contributed by atoms with Crippen molar-refractivity contribution in [1.29, 1.82) is 0 Å². The first-order valence-electron chi connectivity index (χ1n) is 5.46. The molecule has 1 rings (SSSR count). The number of hydrogen-bond donors (Lipinski definition) is 1. The predicted octanol–water partition coefficient (Wildman–Crippen LogP) is 2.13. The van der Waals surface area contributed by atoms with E-state index in [1.165, 1.54) is 6.07 Å². The van der Waals surface area contributed by atoms with Crippen LogP contribution in [-0.2, 0) is 11.2 Å². The number of hydrogen-bond acceptors (Lipinski definition) is 2. The zero-order chi connectivity index (χ0) is 11.8. The van der Waals surface area contributed by atoms with Crippen LogP contribution in [0.25, 0.3) is 0 Å². The van der Waals surface area contributed by atoms with Crippen LogP contribution in [0.3, 0.4) is 0 Å². The summed E-state index contributed by atoms with van der Waals surface area (Å²) in [5, 5.41) is 3.11. The third-order valence-corrected chi connectivity index (χ3v) is 2.20. The molecule has 0 heterocycles. The van der Waals surface area contributed by atoms with Gasteiger partial charge in [0.2, 0.25) is 0 Å². The van der Waals surface area contributed by atoms with Crippen molar-refractivity contribution in [2.45, 2.75) is 13.3 Å². The summed E-state index contributed by atoms with van der Waals surface area (Å²) in [7, 11) is 0. The Morgan fingerprint density at radius 1 is 1.25 bits per heavy atom. The van der Waals surface area contributed by atoms with Crippen LogP contribution in [0.1, 0.15) is 12.5 Å². The van der Waals surface area contributed by atoms with Gasteiger partial charge in [0.15, 0.2) is 0 Å². The molecule has 2 nitrogen and oxygen atoms in total. The van der Waals surface area contributed by atoms with Crippen LogP contribution >= 0.6 is 0 Å². The van der Waals surface area contributed by atoms with Crippen LogP contribution < -0.4 is 5.32 Å². The molecule has 0 saturated carbocycles. The van der Waals surface area contributed by atoms with Crippen LogP contribution in [0, 0.1) is 11.6 Å². The van der Waals surface area contributed by atoms with Gasteiger partial charge in [-0.15, -0.1) is 0 Å². The maximum Gasteiger partial charge on any atom is 0.126 e. The Hall–Kier alpha value is -1.00. The lowest BCUT2D eigenvalue weighted by atomic mass is 10.1. The first-order chi connectivity index (χ1) is 7.74. The van der Waals surface area contributed by atoms with E-state index >= 15 is 0 Å². The highest BCUT2D eigenvalue weighted by molar-refractivity contribution is 5.18. The summed E-state index contributed by atoms with van der Waals surface area (Å²) in [4.78, 5) is 0. The van der Waals surface area contributed by atoms with Gasteiger partial charge in [-0.3, -0.25) is 0 Å². The molecule has 0 aliphatic heterocycles. The molecule has 1 aromatic rings. The normalized spacial score (nSPS) is 10.7. The Morgan fingerprint density at radius 3 is 2.81 bits per heavy atom. The van der Waals surface area contributed by atoms with Crippen LogP contribution in [0.2, 0.25) is 0 Å². The highest BCUT2D eigenvalue weighted by atomic mass is 19.1. The van der Waals surface area contributed by atoms with Gasteiger partial charge in [0.1, 0.15) is 11.6 Å². The molecule has 0 fully saturated rings. The Morgan fingerprint density at radius 2 is 2.06 bits per heavy atom. The Balaban J connectivity index is 2.23. The van der Waals surface area contributed by atoms with E-state index in [-0.39, 0.29) is 5.82 Å². The molecule has 0 aromatic heterocycles. The van der Waals surface area contributed by atoms with Gasteiger partial charge in [-0.1, -0.05) is 6.92 Å². The molecule has 0 amide bonds. The summed E-state index contributed by atoms with van der Waals surface area (Å²) in [6, 6.07) is 3.47. The predicted molar refractivity (Wildman–Crippen MR) is 59.4 cm³/mol. The second-order valence-corrected chi connectivity index (χ2v) is 3.45. The number of benzene rings is 1. The molecule has 0 radical (unpaired) electrons. The minimum atomic E-state index is -0.413. The molecule has 16 heavy (non-hydrogen) atoms. The zero-order valence-electron chi connectivity index (χ0n) is 9.43. The van der Waals surface area contributed by atoms with E-state index in [1.807, 2.05) is 6.92 Å². The van der Waals surface area contributed by atoms with Crippen LogP contribution in [0.4, 0.5) is 8.78 Å². The van der Waals surface area contributed by atoms with Gasteiger partial charge in [0.05, 0.1) is 13.2 Å². The molecule has 0 bridgehead atoms. The molecular formula is C12H17F2NO. The summed E-state index contributed by atoms with van der Waals surface area (Å²) in [5.41, 5.74) is 0.364. The van der Waals surface area contributed by atoms with Gasteiger partial charge in [0.25, 0.3) is 0 Å². The van der Waals surface area contributed by atoms with Crippen molar-refractivity contribution in [2.75, 3.05) is 26.3 Å². The lowest BCUT2D eigenvalue weighted by Gasteiger charge is -2.05. The standard InChI is InChI=1S/C12H17F2NO/c1-2-15-6-8-16-7-5-10-9-11(13)3-4-12(10)14/h3-4,9,15H,2,5-8H2,1H3. The van der Waals surface area contributed by atoms with Gasteiger partial charge in [-0.05, 0) is 36.7 Å². The lowest BCUT2D eigenvalue weighted by Crippen LogP contribution is -2.19. The minimum Gasteiger partial charge on any atom is -0.380 e. The summed E-state index contributed by atoms with van der Waals surface area (Å²) in [5.74, 6) is -0.791. The number of halogens is 2. The van der Waals surface area contributed by atoms with Crippen molar-refractivity contribution in [3.05, 3.63) is 35.4 Å². The van der Waals surface area contributed by atoms with Gasteiger partial charge in [-0.25, -0.2) is 8.78 Å². The lowest BCUT2D eigenvalue weighted by molar-refractivity contribution is 0.138. The summed E-state index contributed by atoms with van der Waals surface area (Å²) in [6.45, 7) is 4.70. The first kappa shape index (κ1) is 13.1. The summed E-state index contributed by atoms with van der Waals surface area (Å²) >= 11 is 0.